The van der Waals surface area contributed by atoms with Crippen LogP contribution in [0.15, 0.2) is 9.82 Å². The number of aliphatic carboxylic acids is 1. The summed E-state index contributed by atoms with van der Waals surface area (Å²) in [6, 6.07) is -1.08. The van der Waals surface area contributed by atoms with Gasteiger partial charge in [0.05, 0.1) is 11.7 Å². The van der Waals surface area contributed by atoms with Gasteiger partial charge in [-0.2, -0.15) is 4.98 Å². The molecule has 1 aliphatic rings. The van der Waals surface area contributed by atoms with Crippen LogP contribution in [0.4, 0.5) is 0 Å². The highest BCUT2D eigenvalue weighted by molar-refractivity contribution is 7.98. The summed E-state index contributed by atoms with van der Waals surface area (Å²) in [5.74, 6) is -1.72. The first-order chi connectivity index (χ1) is 9.85. The van der Waals surface area contributed by atoms with Gasteiger partial charge in [0.1, 0.15) is 11.1 Å². The molecule has 8 nitrogen and oxygen atoms in total. The van der Waals surface area contributed by atoms with Gasteiger partial charge < -0.3 is 20.1 Å². The van der Waals surface area contributed by atoms with E-state index in [0.717, 1.165) is 16.7 Å². The molecule has 2 heterocycles. The highest BCUT2D eigenvalue weighted by Crippen LogP contribution is 2.25. The van der Waals surface area contributed by atoms with Crippen LogP contribution < -0.4 is 5.69 Å². The molecule has 1 aliphatic heterocycles. The maximum Gasteiger partial charge on any atom is 0.346 e. The third kappa shape index (κ3) is 2.93. The Bertz CT molecular complexity index is 644. The van der Waals surface area contributed by atoms with Crippen LogP contribution >= 0.6 is 11.8 Å². The monoisotopic (exact) mass is 313 g/mol. The molecule has 0 radical (unpaired) electrons. The zero-order valence-corrected chi connectivity index (χ0v) is 12.3. The van der Waals surface area contributed by atoms with E-state index in [1.807, 2.05) is 0 Å². The van der Waals surface area contributed by atoms with E-state index in [1.165, 1.54) is 0 Å². The molecule has 9 heteroatoms. The molecule has 0 saturated carbocycles. The molecule has 0 bridgehead atoms. The summed E-state index contributed by atoms with van der Waals surface area (Å²) in [6.07, 6.45) is 0.792. The number of H-pyrrole nitrogens is 1. The van der Waals surface area contributed by atoms with Crippen LogP contribution in [0.3, 0.4) is 0 Å². The summed E-state index contributed by atoms with van der Waals surface area (Å²) in [5, 5.41) is 19.0. The number of hydrogen-bond acceptors (Lipinski definition) is 6. The minimum atomic E-state index is -1.17. The lowest BCUT2D eigenvalue weighted by atomic mass is 10.1. The Balaban J connectivity index is 2.45. The van der Waals surface area contributed by atoms with Crippen molar-refractivity contribution in [3.05, 3.63) is 21.7 Å². The van der Waals surface area contributed by atoms with Gasteiger partial charge >= 0.3 is 11.7 Å². The van der Waals surface area contributed by atoms with Crippen LogP contribution in [0.1, 0.15) is 22.5 Å². The number of carbonyl (C=O) groups excluding carboxylic acids is 1. The molecule has 3 N–H and O–H groups in total. The second kappa shape index (κ2) is 5.86. The van der Waals surface area contributed by atoms with E-state index in [1.54, 1.807) is 13.2 Å². The van der Waals surface area contributed by atoms with Gasteiger partial charge in [0.2, 0.25) is 0 Å². The highest BCUT2D eigenvalue weighted by atomic mass is 32.2. The molecule has 0 aromatic carbocycles. The second-order valence-corrected chi connectivity index (χ2v) is 5.55. The van der Waals surface area contributed by atoms with E-state index in [0.29, 0.717) is 5.69 Å². The van der Waals surface area contributed by atoms with Gasteiger partial charge in [0, 0.05) is 18.7 Å². The molecule has 0 aliphatic carbocycles. The number of aryl methyl sites for hydroxylation is 1. The van der Waals surface area contributed by atoms with E-state index in [-0.39, 0.29) is 23.6 Å². The van der Waals surface area contributed by atoms with Crippen LogP contribution in [0.25, 0.3) is 0 Å². The molecule has 1 amide bonds. The molecule has 1 saturated heterocycles. The van der Waals surface area contributed by atoms with Crippen molar-refractivity contribution in [3.8, 4) is 0 Å². The molecule has 2 atom stereocenters. The fourth-order valence-electron chi connectivity index (χ4n) is 2.37. The Morgan fingerprint density at radius 3 is 2.71 bits per heavy atom. The average molecular weight is 313 g/mol. The maximum absolute atomic E-state index is 12.6. The molecular weight excluding hydrogens is 298 g/mol. The smallest absolute Gasteiger partial charge is 0.346 e. The van der Waals surface area contributed by atoms with Crippen LogP contribution in [0, 0.1) is 6.92 Å². The third-order valence-corrected chi connectivity index (χ3v) is 4.00. The van der Waals surface area contributed by atoms with E-state index in [4.69, 9.17) is 5.11 Å². The first kappa shape index (κ1) is 15.5. The molecule has 1 fully saturated rings. The first-order valence-corrected chi connectivity index (χ1v) is 7.44. The number of nitrogens with one attached hydrogen (secondary N) is 1. The number of thioether (sulfide) groups is 1. The van der Waals surface area contributed by atoms with Crippen molar-refractivity contribution in [1.82, 2.24) is 14.9 Å². The number of aromatic amines is 1. The predicted octanol–water partition coefficient (Wildman–Crippen LogP) is -0.540. The van der Waals surface area contributed by atoms with Crippen LogP contribution in [0.2, 0.25) is 0 Å². The molecule has 1 unspecified atom stereocenters. The number of β-amino-alcohol motifs (C(OH)–C–C–N with tert-alkyl or cyclic N) is 1. The van der Waals surface area contributed by atoms with Crippen molar-refractivity contribution < 1.29 is 19.8 Å². The Morgan fingerprint density at radius 2 is 2.14 bits per heavy atom. The summed E-state index contributed by atoms with van der Waals surface area (Å²) in [5.41, 5.74) is -0.0676. The van der Waals surface area contributed by atoms with Crippen LogP contribution in [-0.2, 0) is 4.79 Å². The largest absolute Gasteiger partial charge is 0.480 e. The Labute approximate surface area is 124 Å². The Kier molecular flexibility index (Phi) is 4.33. The van der Waals surface area contributed by atoms with Crippen LogP contribution in [0.5, 0.6) is 0 Å². The number of hydrogen-bond donors (Lipinski definition) is 3. The molecule has 114 valence electrons. The summed E-state index contributed by atoms with van der Waals surface area (Å²) in [4.78, 5) is 42.4. The number of amides is 1. The Morgan fingerprint density at radius 1 is 1.48 bits per heavy atom. The number of carbonyl (C=O) groups is 2. The third-order valence-electron chi connectivity index (χ3n) is 3.32. The molecule has 21 heavy (non-hydrogen) atoms. The number of carboxylic acids is 1. The topological polar surface area (TPSA) is 124 Å². The second-order valence-electron chi connectivity index (χ2n) is 4.75. The summed E-state index contributed by atoms with van der Waals surface area (Å²) >= 11 is 1.13. The van der Waals surface area contributed by atoms with Gasteiger partial charge in [0.15, 0.2) is 0 Å². The summed E-state index contributed by atoms with van der Waals surface area (Å²) in [6.45, 7) is 1.50. The Hall–Kier alpha value is -1.87. The standard InChI is InChI=1S/C12H15N3O5S/c1-5-8(9(21-2)14-12(20)13-5)10(17)15-4-6(16)3-7(15)11(18)19/h6-7,16H,3-4H2,1-2H3,(H,18,19)(H,13,14,20)/t6?,7-/m0/s1. The fourth-order valence-corrected chi connectivity index (χ4v) is 2.99. The number of carboxylic acid groups (broad SMARTS) is 1. The minimum absolute atomic E-state index is 0.00843. The predicted molar refractivity (Wildman–Crippen MR) is 74.5 cm³/mol. The van der Waals surface area contributed by atoms with Gasteiger partial charge in [-0.3, -0.25) is 4.79 Å². The molecule has 1 aromatic rings. The van der Waals surface area contributed by atoms with Crippen molar-refractivity contribution in [2.45, 2.75) is 30.5 Å². The minimum Gasteiger partial charge on any atom is -0.480 e. The molecular formula is C12H15N3O5S. The van der Waals surface area contributed by atoms with Crippen LogP contribution in [-0.4, -0.2) is 61.9 Å². The quantitative estimate of drug-likeness (QED) is 0.506. The van der Waals surface area contributed by atoms with Gasteiger partial charge in [-0.05, 0) is 13.2 Å². The summed E-state index contributed by atoms with van der Waals surface area (Å²) in [7, 11) is 0. The van der Waals surface area contributed by atoms with Gasteiger partial charge in [-0.1, -0.05) is 0 Å². The van der Waals surface area contributed by atoms with Gasteiger partial charge in [-0.15, -0.1) is 11.8 Å². The fraction of sp³-hybridized carbons (Fsp3) is 0.500. The SMILES string of the molecule is CSc1nc(=O)[nH]c(C)c1C(=O)N1CC(O)C[C@H]1C(=O)O. The van der Waals surface area contributed by atoms with Gasteiger partial charge in [-0.25, -0.2) is 9.59 Å². The molecule has 2 rings (SSSR count). The van der Waals surface area contributed by atoms with E-state index < -0.39 is 29.7 Å². The summed E-state index contributed by atoms with van der Waals surface area (Å²) < 4.78 is 0. The maximum atomic E-state index is 12.6. The lowest BCUT2D eigenvalue weighted by molar-refractivity contribution is -0.141. The number of rotatable bonds is 3. The van der Waals surface area contributed by atoms with Gasteiger partial charge in [0.25, 0.3) is 5.91 Å². The normalized spacial score (nSPS) is 21.6. The van der Waals surface area contributed by atoms with Crippen molar-refractivity contribution in [2.75, 3.05) is 12.8 Å². The van der Waals surface area contributed by atoms with Crippen molar-refractivity contribution >= 4 is 23.6 Å². The van der Waals surface area contributed by atoms with Crippen molar-refractivity contribution in [3.63, 3.8) is 0 Å². The zero-order chi connectivity index (χ0) is 15.7. The van der Waals surface area contributed by atoms with E-state index in [2.05, 4.69) is 9.97 Å². The zero-order valence-electron chi connectivity index (χ0n) is 11.5. The lowest BCUT2D eigenvalue weighted by Crippen LogP contribution is -2.41. The number of likely N-dealkylation sites (tertiary alicyclic amines) is 1. The number of aromatic nitrogens is 2. The number of aliphatic hydroxyl groups is 1. The first-order valence-electron chi connectivity index (χ1n) is 6.22. The molecule has 1 aromatic heterocycles. The number of aliphatic hydroxyl groups excluding tert-OH is 1. The van der Waals surface area contributed by atoms with Crippen molar-refractivity contribution in [1.29, 1.82) is 0 Å². The average Bonchev–Trinajstić information content (AvgIpc) is 2.79. The van der Waals surface area contributed by atoms with E-state index >= 15 is 0 Å². The highest BCUT2D eigenvalue weighted by Gasteiger charge is 2.40. The number of nitrogens with zero attached hydrogens (tertiary/aromatic N) is 2. The van der Waals surface area contributed by atoms with Crippen molar-refractivity contribution in [2.24, 2.45) is 0 Å². The molecule has 0 spiro atoms. The lowest BCUT2D eigenvalue weighted by Gasteiger charge is -2.22. The van der Waals surface area contributed by atoms with E-state index in [9.17, 15) is 19.5 Å².